The standard InChI is InChI=1S/C18H34N2O4/c1-6-18(7-2,13-19-16(22)24-17(3,4)5)20-15(21)12-23-14-10-8-9-11-14/h14H,6-13H2,1-5H3,(H,19,22)(H,20,21). The maximum absolute atomic E-state index is 12.2. The molecule has 0 bridgehead atoms. The first-order valence-electron chi connectivity index (χ1n) is 9.09. The molecule has 0 aliphatic heterocycles. The number of amides is 2. The maximum Gasteiger partial charge on any atom is 0.407 e. The number of hydrogen-bond donors (Lipinski definition) is 2. The summed E-state index contributed by atoms with van der Waals surface area (Å²) in [6.45, 7) is 9.88. The fraction of sp³-hybridized carbons (Fsp3) is 0.889. The second-order valence-electron chi connectivity index (χ2n) is 7.61. The number of alkyl carbamates (subject to hydrolysis) is 1. The molecule has 0 aromatic rings. The molecule has 24 heavy (non-hydrogen) atoms. The smallest absolute Gasteiger partial charge is 0.407 e. The number of carbonyl (C=O) groups excluding carboxylic acids is 2. The zero-order valence-electron chi connectivity index (χ0n) is 15.9. The highest BCUT2D eigenvalue weighted by atomic mass is 16.6. The lowest BCUT2D eigenvalue weighted by atomic mass is 9.92. The lowest BCUT2D eigenvalue weighted by Crippen LogP contribution is -2.56. The Morgan fingerprint density at radius 3 is 2.17 bits per heavy atom. The molecule has 6 heteroatoms. The van der Waals surface area contributed by atoms with Gasteiger partial charge in [-0.05, 0) is 46.5 Å². The third-order valence-corrected chi connectivity index (χ3v) is 4.48. The van der Waals surface area contributed by atoms with E-state index in [1.54, 1.807) is 0 Å². The van der Waals surface area contributed by atoms with Crippen LogP contribution in [-0.4, -0.2) is 42.4 Å². The van der Waals surface area contributed by atoms with Crippen LogP contribution in [0.5, 0.6) is 0 Å². The second-order valence-corrected chi connectivity index (χ2v) is 7.61. The summed E-state index contributed by atoms with van der Waals surface area (Å²) in [5.74, 6) is -0.128. The van der Waals surface area contributed by atoms with Crippen LogP contribution in [0.1, 0.15) is 73.1 Å². The van der Waals surface area contributed by atoms with Gasteiger partial charge in [-0.15, -0.1) is 0 Å². The summed E-state index contributed by atoms with van der Waals surface area (Å²) in [6, 6.07) is 0. The van der Waals surface area contributed by atoms with Crippen molar-refractivity contribution in [3.8, 4) is 0 Å². The normalized spacial score (nSPS) is 16.0. The SMILES string of the molecule is CCC(CC)(CNC(=O)OC(C)(C)C)NC(=O)COC1CCCC1. The molecule has 1 rings (SSSR count). The Hall–Kier alpha value is -1.30. The zero-order valence-corrected chi connectivity index (χ0v) is 15.9. The lowest BCUT2D eigenvalue weighted by Gasteiger charge is -2.33. The molecule has 1 fully saturated rings. The van der Waals surface area contributed by atoms with Gasteiger partial charge in [0.25, 0.3) is 0 Å². The molecular weight excluding hydrogens is 308 g/mol. The molecule has 0 heterocycles. The van der Waals surface area contributed by atoms with Crippen molar-refractivity contribution in [1.82, 2.24) is 10.6 Å². The van der Waals surface area contributed by atoms with Gasteiger partial charge in [-0.25, -0.2) is 4.79 Å². The van der Waals surface area contributed by atoms with E-state index >= 15 is 0 Å². The van der Waals surface area contributed by atoms with E-state index in [2.05, 4.69) is 10.6 Å². The summed E-state index contributed by atoms with van der Waals surface area (Å²) in [6.07, 6.45) is 5.63. The molecule has 140 valence electrons. The van der Waals surface area contributed by atoms with Crippen LogP contribution in [-0.2, 0) is 14.3 Å². The first-order chi connectivity index (χ1) is 11.2. The van der Waals surface area contributed by atoms with Crippen LogP contribution in [0.15, 0.2) is 0 Å². The molecule has 6 nitrogen and oxygen atoms in total. The van der Waals surface area contributed by atoms with Gasteiger partial charge in [-0.3, -0.25) is 4.79 Å². The van der Waals surface area contributed by atoms with Gasteiger partial charge in [0, 0.05) is 6.54 Å². The Balaban J connectivity index is 2.47. The Bertz CT molecular complexity index is 408. The minimum absolute atomic E-state index is 0.0822. The van der Waals surface area contributed by atoms with Gasteiger partial charge < -0.3 is 20.1 Å². The zero-order chi connectivity index (χ0) is 18.2. The van der Waals surface area contributed by atoms with E-state index in [4.69, 9.17) is 9.47 Å². The molecule has 0 aromatic carbocycles. The van der Waals surface area contributed by atoms with Crippen LogP contribution in [0.3, 0.4) is 0 Å². The van der Waals surface area contributed by atoms with E-state index in [0.717, 1.165) is 12.8 Å². The fourth-order valence-corrected chi connectivity index (χ4v) is 2.86. The minimum atomic E-state index is -0.538. The highest BCUT2D eigenvalue weighted by Crippen LogP contribution is 2.21. The molecule has 0 unspecified atom stereocenters. The topological polar surface area (TPSA) is 76.7 Å². The summed E-state index contributed by atoms with van der Waals surface area (Å²) in [7, 11) is 0. The largest absolute Gasteiger partial charge is 0.444 e. The van der Waals surface area contributed by atoms with Crippen molar-refractivity contribution in [3.05, 3.63) is 0 Å². The van der Waals surface area contributed by atoms with E-state index in [1.807, 2.05) is 34.6 Å². The van der Waals surface area contributed by atoms with Crippen LogP contribution in [0.2, 0.25) is 0 Å². The monoisotopic (exact) mass is 342 g/mol. The van der Waals surface area contributed by atoms with E-state index in [1.165, 1.54) is 12.8 Å². The average Bonchev–Trinajstić information content (AvgIpc) is 3.01. The van der Waals surface area contributed by atoms with Gasteiger partial charge in [0.2, 0.25) is 5.91 Å². The predicted octanol–water partition coefficient (Wildman–Crippen LogP) is 3.15. The summed E-state index contributed by atoms with van der Waals surface area (Å²) in [5, 5.41) is 5.81. The summed E-state index contributed by atoms with van der Waals surface area (Å²) >= 11 is 0. The van der Waals surface area contributed by atoms with Crippen molar-refractivity contribution < 1.29 is 19.1 Å². The Morgan fingerprint density at radius 1 is 1.08 bits per heavy atom. The maximum atomic E-state index is 12.2. The fourth-order valence-electron chi connectivity index (χ4n) is 2.86. The van der Waals surface area contributed by atoms with Gasteiger partial charge in [-0.2, -0.15) is 0 Å². The van der Waals surface area contributed by atoms with Gasteiger partial charge >= 0.3 is 6.09 Å². The molecule has 0 atom stereocenters. The van der Waals surface area contributed by atoms with Crippen molar-refractivity contribution >= 4 is 12.0 Å². The molecular formula is C18H34N2O4. The Morgan fingerprint density at radius 2 is 1.67 bits per heavy atom. The first-order valence-corrected chi connectivity index (χ1v) is 9.09. The molecule has 0 radical (unpaired) electrons. The quantitative estimate of drug-likeness (QED) is 0.710. The van der Waals surface area contributed by atoms with Crippen LogP contribution in [0.25, 0.3) is 0 Å². The van der Waals surface area contributed by atoms with Gasteiger partial charge in [0.1, 0.15) is 12.2 Å². The number of ether oxygens (including phenoxy) is 2. The molecule has 2 N–H and O–H groups in total. The van der Waals surface area contributed by atoms with Crippen molar-refractivity contribution in [3.63, 3.8) is 0 Å². The Labute approximate surface area is 146 Å². The molecule has 2 amide bonds. The van der Waals surface area contributed by atoms with Crippen molar-refractivity contribution in [2.75, 3.05) is 13.2 Å². The van der Waals surface area contributed by atoms with E-state index in [0.29, 0.717) is 19.4 Å². The van der Waals surface area contributed by atoms with Gasteiger partial charge in [0.15, 0.2) is 0 Å². The highest BCUT2D eigenvalue weighted by molar-refractivity contribution is 5.78. The molecule has 0 spiro atoms. The summed E-state index contributed by atoms with van der Waals surface area (Å²) < 4.78 is 10.9. The molecule has 0 aromatic heterocycles. The van der Waals surface area contributed by atoms with E-state index < -0.39 is 17.2 Å². The summed E-state index contributed by atoms with van der Waals surface area (Å²) in [4.78, 5) is 24.1. The second kappa shape index (κ2) is 9.25. The van der Waals surface area contributed by atoms with Crippen molar-refractivity contribution in [1.29, 1.82) is 0 Å². The number of nitrogens with one attached hydrogen (secondary N) is 2. The van der Waals surface area contributed by atoms with Crippen LogP contribution in [0.4, 0.5) is 4.79 Å². The molecule has 1 saturated carbocycles. The van der Waals surface area contributed by atoms with E-state index in [-0.39, 0.29) is 18.6 Å². The van der Waals surface area contributed by atoms with Crippen molar-refractivity contribution in [2.45, 2.75) is 90.4 Å². The van der Waals surface area contributed by atoms with Crippen LogP contribution < -0.4 is 10.6 Å². The molecule has 1 aliphatic rings. The average molecular weight is 342 g/mol. The van der Waals surface area contributed by atoms with Gasteiger partial charge in [0.05, 0.1) is 11.6 Å². The number of carbonyl (C=O) groups is 2. The summed E-state index contributed by atoms with van der Waals surface area (Å²) in [5.41, 5.74) is -1.02. The number of rotatable bonds is 8. The third-order valence-electron chi connectivity index (χ3n) is 4.48. The van der Waals surface area contributed by atoms with Gasteiger partial charge in [-0.1, -0.05) is 26.7 Å². The predicted molar refractivity (Wildman–Crippen MR) is 93.9 cm³/mol. The van der Waals surface area contributed by atoms with Crippen LogP contribution in [0, 0.1) is 0 Å². The lowest BCUT2D eigenvalue weighted by molar-refractivity contribution is -0.129. The van der Waals surface area contributed by atoms with Crippen molar-refractivity contribution in [2.24, 2.45) is 0 Å². The first kappa shape index (κ1) is 20.7. The van der Waals surface area contributed by atoms with Crippen LogP contribution >= 0.6 is 0 Å². The Kier molecular flexibility index (Phi) is 8.00. The molecule has 1 aliphatic carbocycles. The third kappa shape index (κ3) is 7.51. The minimum Gasteiger partial charge on any atom is -0.444 e. The molecule has 0 saturated heterocycles. The highest BCUT2D eigenvalue weighted by Gasteiger charge is 2.30. The van der Waals surface area contributed by atoms with E-state index in [9.17, 15) is 9.59 Å². The number of hydrogen-bond acceptors (Lipinski definition) is 4.